The van der Waals surface area contributed by atoms with Crippen molar-refractivity contribution in [3.05, 3.63) is 11.9 Å². The molecule has 0 aliphatic heterocycles. The van der Waals surface area contributed by atoms with E-state index in [-0.39, 0.29) is 6.04 Å². The van der Waals surface area contributed by atoms with E-state index >= 15 is 0 Å². The Hall–Kier alpha value is -0.900. The molecule has 1 heterocycles. The van der Waals surface area contributed by atoms with Gasteiger partial charge in [-0.2, -0.15) is 0 Å². The first kappa shape index (κ1) is 12.2. The van der Waals surface area contributed by atoms with E-state index in [2.05, 4.69) is 24.2 Å². The number of hydrogen-bond donors (Lipinski definition) is 1. The Kier molecular flexibility index (Phi) is 5.32. The maximum atomic E-state index is 5.87. The lowest BCUT2D eigenvalue weighted by Gasteiger charge is -2.02. The Morgan fingerprint density at radius 1 is 1.33 bits per heavy atom. The molecule has 86 valence electrons. The maximum Gasteiger partial charge on any atom is 0.0993 e. The van der Waals surface area contributed by atoms with Gasteiger partial charge >= 0.3 is 0 Å². The summed E-state index contributed by atoms with van der Waals surface area (Å²) in [7, 11) is 0. The van der Waals surface area contributed by atoms with E-state index in [9.17, 15) is 0 Å². The van der Waals surface area contributed by atoms with Crippen LogP contribution in [0.1, 0.15) is 57.7 Å². The summed E-state index contributed by atoms with van der Waals surface area (Å²) < 4.78 is 1.90. The predicted molar refractivity (Wildman–Crippen MR) is 61.4 cm³/mol. The van der Waals surface area contributed by atoms with Gasteiger partial charge in [0.15, 0.2) is 0 Å². The van der Waals surface area contributed by atoms with Gasteiger partial charge in [0, 0.05) is 6.54 Å². The molecule has 1 atom stereocenters. The fourth-order valence-electron chi connectivity index (χ4n) is 1.50. The number of aromatic nitrogens is 3. The summed E-state index contributed by atoms with van der Waals surface area (Å²) in [5, 5.41) is 8.14. The molecule has 1 aromatic rings. The summed E-state index contributed by atoms with van der Waals surface area (Å²) in [4.78, 5) is 0. The van der Waals surface area contributed by atoms with Crippen LogP contribution in [0.3, 0.4) is 0 Å². The molecule has 15 heavy (non-hydrogen) atoms. The van der Waals surface area contributed by atoms with Crippen molar-refractivity contribution in [3.63, 3.8) is 0 Å². The maximum absolute atomic E-state index is 5.87. The average molecular weight is 210 g/mol. The Labute approximate surface area is 91.9 Å². The minimum Gasteiger partial charge on any atom is -0.323 e. The van der Waals surface area contributed by atoms with Crippen LogP contribution < -0.4 is 5.73 Å². The summed E-state index contributed by atoms with van der Waals surface area (Å²) in [5.74, 6) is 0. The summed E-state index contributed by atoms with van der Waals surface area (Å²) in [6.07, 6.45) is 7.90. The van der Waals surface area contributed by atoms with Crippen molar-refractivity contribution in [3.8, 4) is 0 Å². The van der Waals surface area contributed by atoms with Crippen molar-refractivity contribution in [2.75, 3.05) is 0 Å². The predicted octanol–water partition coefficient (Wildman–Crippen LogP) is 2.27. The Balaban J connectivity index is 2.33. The van der Waals surface area contributed by atoms with Gasteiger partial charge in [-0.3, -0.25) is 4.68 Å². The van der Waals surface area contributed by atoms with Gasteiger partial charge in [0.25, 0.3) is 0 Å². The van der Waals surface area contributed by atoms with Crippen LogP contribution in [0, 0.1) is 0 Å². The lowest BCUT2D eigenvalue weighted by Crippen LogP contribution is -2.08. The zero-order valence-electron chi connectivity index (χ0n) is 9.82. The highest BCUT2D eigenvalue weighted by atomic mass is 15.4. The molecular weight excluding hydrogens is 188 g/mol. The topological polar surface area (TPSA) is 56.7 Å². The molecule has 0 bridgehead atoms. The average Bonchev–Trinajstić information content (AvgIpc) is 2.72. The first-order valence-electron chi connectivity index (χ1n) is 5.93. The van der Waals surface area contributed by atoms with Gasteiger partial charge in [-0.15, -0.1) is 5.10 Å². The molecule has 0 spiro atoms. The van der Waals surface area contributed by atoms with Crippen LogP contribution >= 0.6 is 0 Å². The Morgan fingerprint density at radius 2 is 2.13 bits per heavy atom. The van der Waals surface area contributed by atoms with Crippen molar-refractivity contribution in [1.29, 1.82) is 0 Å². The van der Waals surface area contributed by atoms with E-state index in [4.69, 9.17) is 5.73 Å². The molecule has 0 saturated carbocycles. The molecule has 0 aromatic carbocycles. The van der Waals surface area contributed by atoms with Crippen LogP contribution in [0.4, 0.5) is 0 Å². The quantitative estimate of drug-likeness (QED) is 0.702. The number of nitrogens with two attached hydrogens (primary N) is 1. The van der Waals surface area contributed by atoms with E-state index < -0.39 is 0 Å². The fourth-order valence-corrected chi connectivity index (χ4v) is 1.50. The Bertz CT molecular complexity index is 269. The van der Waals surface area contributed by atoms with E-state index in [1.165, 1.54) is 25.7 Å². The van der Waals surface area contributed by atoms with Gasteiger partial charge in [0.1, 0.15) is 0 Å². The van der Waals surface area contributed by atoms with Crippen LogP contribution in [0.15, 0.2) is 6.20 Å². The van der Waals surface area contributed by atoms with Crippen molar-refractivity contribution < 1.29 is 0 Å². The number of rotatable bonds is 7. The van der Waals surface area contributed by atoms with Gasteiger partial charge in [-0.1, -0.05) is 38.3 Å². The van der Waals surface area contributed by atoms with Crippen LogP contribution in [0.2, 0.25) is 0 Å². The minimum absolute atomic E-state index is 0.0365. The lowest BCUT2D eigenvalue weighted by atomic mass is 10.2. The standard InChI is InChI=1S/C11H22N4/c1-3-5-6-7-8-15-9-11(13-14-15)10(12)4-2/h9-10H,3-8,12H2,1-2H3. The van der Waals surface area contributed by atoms with Gasteiger partial charge in [-0.05, 0) is 12.8 Å². The van der Waals surface area contributed by atoms with Gasteiger partial charge in [0.2, 0.25) is 0 Å². The molecule has 4 nitrogen and oxygen atoms in total. The molecule has 0 amide bonds. The van der Waals surface area contributed by atoms with Crippen LogP contribution in [-0.2, 0) is 6.54 Å². The minimum atomic E-state index is 0.0365. The van der Waals surface area contributed by atoms with Crippen LogP contribution in [-0.4, -0.2) is 15.0 Å². The molecule has 0 saturated heterocycles. The highest BCUT2D eigenvalue weighted by molar-refractivity contribution is 4.98. The van der Waals surface area contributed by atoms with Crippen molar-refractivity contribution >= 4 is 0 Å². The van der Waals surface area contributed by atoms with Crippen molar-refractivity contribution in [2.24, 2.45) is 5.73 Å². The summed E-state index contributed by atoms with van der Waals surface area (Å²) in [6, 6.07) is 0.0365. The second kappa shape index (κ2) is 6.56. The first-order chi connectivity index (χ1) is 7.27. The van der Waals surface area contributed by atoms with E-state index in [1.54, 1.807) is 0 Å². The summed E-state index contributed by atoms with van der Waals surface area (Å²) in [5.41, 5.74) is 6.78. The number of nitrogens with zero attached hydrogens (tertiary/aromatic N) is 3. The molecule has 1 aromatic heterocycles. The second-order valence-electron chi connectivity index (χ2n) is 3.98. The third-order valence-corrected chi connectivity index (χ3v) is 2.62. The van der Waals surface area contributed by atoms with Crippen molar-refractivity contribution in [1.82, 2.24) is 15.0 Å². The highest BCUT2D eigenvalue weighted by Crippen LogP contribution is 2.09. The highest BCUT2D eigenvalue weighted by Gasteiger charge is 2.07. The third kappa shape index (κ3) is 4.00. The first-order valence-corrected chi connectivity index (χ1v) is 5.93. The normalized spacial score (nSPS) is 13.0. The van der Waals surface area contributed by atoms with Gasteiger partial charge in [0.05, 0.1) is 17.9 Å². The smallest absolute Gasteiger partial charge is 0.0993 e. The van der Waals surface area contributed by atoms with Crippen molar-refractivity contribution in [2.45, 2.75) is 58.5 Å². The molecule has 0 fully saturated rings. The number of hydrogen-bond acceptors (Lipinski definition) is 3. The summed E-state index contributed by atoms with van der Waals surface area (Å²) in [6.45, 7) is 5.24. The molecule has 1 unspecified atom stereocenters. The molecule has 2 N–H and O–H groups in total. The van der Waals surface area contributed by atoms with Crippen LogP contribution in [0.25, 0.3) is 0 Å². The largest absolute Gasteiger partial charge is 0.323 e. The van der Waals surface area contributed by atoms with Gasteiger partial charge in [-0.25, -0.2) is 0 Å². The van der Waals surface area contributed by atoms with E-state index in [0.29, 0.717) is 0 Å². The second-order valence-corrected chi connectivity index (χ2v) is 3.98. The zero-order chi connectivity index (χ0) is 11.1. The summed E-state index contributed by atoms with van der Waals surface area (Å²) >= 11 is 0. The van der Waals surface area contributed by atoms with E-state index in [1.807, 2.05) is 10.9 Å². The molecule has 0 radical (unpaired) electrons. The molecule has 4 heteroatoms. The lowest BCUT2D eigenvalue weighted by molar-refractivity contribution is 0.527. The number of unbranched alkanes of at least 4 members (excludes halogenated alkanes) is 3. The Morgan fingerprint density at radius 3 is 2.80 bits per heavy atom. The molecule has 1 rings (SSSR count). The molecule has 0 aliphatic rings. The fraction of sp³-hybridized carbons (Fsp3) is 0.818. The van der Waals surface area contributed by atoms with Gasteiger partial charge < -0.3 is 5.73 Å². The zero-order valence-corrected chi connectivity index (χ0v) is 9.82. The third-order valence-electron chi connectivity index (χ3n) is 2.62. The molecule has 0 aliphatic carbocycles. The molecular formula is C11H22N4. The van der Waals surface area contributed by atoms with Crippen LogP contribution in [0.5, 0.6) is 0 Å². The number of aryl methyl sites for hydroxylation is 1. The monoisotopic (exact) mass is 210 g/mol. The van der Waals surface area contributed by atoms with E-state index in [0.717, 1.165) is 18.7 Å². The SMILES string of the molecule is CCCCCCn1cc(C(N)CC)nn1.